The molecule has 8 nitrogen and oxygen atoms in total. The Morgan fingerprint density at radius 1 is 1.46 bits per heavy atom. The fourth-order valence-electron chi connectivity index (χ4n) is 2.70. The molecule has 0 saturated carbocycles. The maximum Gasteiger partial charge on any atom is 0.185 e. The molecule has 9 heteroatoms. The van der Waals surface area contributed by atoms with Crippen molar-refractivity contribution in [1.82, 2.24) is 14.6 Å². The van der Waals surface area contributed by atoms with E-state index in [1.165, 1.54) is 12.4 Å². The highest BCUT2D eigenvalue weighted by Gasteiger charge is 2.13. The third-order valence-corrected chi connectivity index (χ3v) is 4.51. The largest absolute Gasteiger partial charge is 0.619 e. The zero-order valence-electron chi connectivity index (χ0n) is 14.4. The topological polar surface area (TPSA) is 101 Å². The van der Waals surface area contributed by atoms with Crippen molar-refractivity contribution in [3.05, 3.63) is 52.0 Å². The van der Waals surface area contributed by atoms with E-state index in [0.717, 1.165) is 33.4 Å². The van der Waals surface area contributed by atoms with E-state index in [0.29, 0.717) is 18.0 Å². The summed E-state index contributed by atoms with van der Waals surface area (Å²) in [7, 11) is 0. The Bertz CT molecular complexity index is 885. The van der Waals surface area contributed by atoms with Crippen LogP contribution in [0.25, 0.3) is 5.65 Å². The summed E-state index contributed by atoms with van der Waals surface area (Å²) in [6, 6.07) is 5.37. The highest BCUT2D eigenvalue weighted by atomic mass is 79.9. The Hall–Kier alpha value is -2.39. The molecule has 0 fully saturated rings. The van der Waals surface area contributed by atoms with Gasteiger partial charge in [-0.2, -0.15) is 14.3 Å². The number of aliphatic hydroxyl groups excluding tert-OH is 1. The molecule has 3 heterocycles. The van der Waals surface area contributed by atoms with Crippen molar-refractivity contribution in [2.75, 3.05) is 17.2 Å². The molecule has 0 saturated heterocycles. The number of nitrogens with one attached hydrogen (secondary N) is 2. The molecule has 0 amide bonds. The number of aromatic nitrogens is 4. The normalized spacial score (nSPS) is 12.3. The van der Waals surface area contributed by atoms with E-state index in [-0.39, 0.29) is 12.6 Å². The first-order valence-corrected chi connectivity index (χ1v) is 9.23. The summed E-state index contributed by atoms with van der Waals surface area (Å²) in [5, 5.41) is 31.8. The number of nitrogens with zero attached hydrogens (tertiary/aromatic N) is 4. The van der Waals surface area contributed by atoms with Crippen molar-refractivity contribution in [1.29, 1.82) is 0 Å². The van der Waals surface area contributed by atoms with Gasteiger partial charge in [0.15, 0.2) is 18.0 Å². The molecule has 0 spiro atoms. The Balaban J connectivity index is 1.87. The second kappa shape index (κ2) is 8.33. The van der Waals surface area contributed by atoms with E-state index < -0.39 is 0 Å². The van der Waals surface area contributed by atoms with Gasteiger partial charge in [-0.15, -0.1) is 0 Å². The van der Waals surface area contributed by atoms with Crippen LogP contribution >= 0.6 is 15.9 Å². The Labute approximate surface area is 159 Å². The number of pyridine rings is 1. The highest BCUT2D eigenvalue weighted by Crippen LogP contribution is 2.23. The van der Waals surface area contributed by atoms with Crippen LogP contribution in [0.15, 0.2) is 41.3 Å². The standard InChI is InChI=1S/C17H21BrN6O2/c1-2-4-13(11-25)21-15-7-16(24-17(22-15)14(18)9-20-24)19-8-12-5-3-6-23(26)10-12/h3,5-7,9-10,13,19,25H,2,4,8,11H2,1H3,(H,21,22)/t13-/m0/s1. The van der Waals surface area contributed by atoms with Gasteiger partial charge < -0.3 is 20.9 Å². The van der Waals surface area contributed by atoms with Gasteiger partial charge in [0.25, 0.3) is 0 Å². The quantitative estimate of drug-likeness (QED) is 0.381. The molecule has 1 atom stereocenters. The van der Waals surface area contributed by atoms with Crippen molar-refractivity contribution in [3.8, 4) is 0 Å². The van der Waals surface area contributed by atoms with Gasteiger partial charge in [-0.1, -0.05) is 13.3 Å². The van der Waals surface area contributed by atoms with Gasteiger partial charge in [-0.05, 0) is 28.4 Å². The molecule has 26 heavy (non-hydrogen) atoms. The molecule has 3 aromatic rings. The van der Waals surface area contributed by atoms with Gasteiger partial charge in [0, 0.05) is 24.2 Å². The lowest BCUT2D eigenvalue weighted by Gasteiger charge is -2.17. The number of halogens is 1. The maximum atomic E-state index is 11.4. The van der Waals surface area contributed by atoms with Crippen LogP contribution in [0.2, 0.25) is 0 Å². The summed E-state index contributed by atoms with van der Waals surface area (Å²) in [4.78, 5) is 4.57. The Morgan fingerprint density at radius 2 is 2.31 bits per heavy atom. The van der Waals surface area contributed by atoms with Gasteiger partial charge in [-0.3, -0.25) is 0 Å². The third-order valence-electron chi connectivity index (χ3n) is 3.95. The molecule has 138 valence electrons. The van der Waals surface area contributed by atoms with Crippen LogP contribution in [-0.2, 0) is 6.54 Å². The summed E-state index contributed by atoms with van der Waals surface area (Å²) in [6.07, 6.45) is 6.46. The smallest absolute Gasteiger partial charge is 0.185 e. The van der Waals surface area contributed by atoms with Gasteiger partial charge in [0.1, 0.15) is 11.6 Å². The first-order valence-electron chi connectivity index (χ1n) is 8.44. The summed E-state index contributed by atoms with van der Waals surface area (Å²) < 4.78 is 3.24. The second-order valence-corrected chi connectivity index (χ2v) is 6.85. The molecule has 3 rings (SSSR count). The summed E-state index contributed by atoms with van der Waals surface area (Å²) in [5.74, 6) is 1.39. The van der Waals surface area contributed by atoms with Crippen LogP contribution in [0.4, 0.5) is 11.6 Å². The summed E-state index contributed by atoms with van der Waals surface area (Å²) >= 11 is 3.46. The Morgan fingerprint density at radius 3 is 3.04 bits per heavy atom. The minimum Gasteiger partial charge on any atom is -0.619 e. The minimum atomic E-state index is -0.0574. The minimum absolute atomic E-state index is 0.0391. The number of aliphatic hydroxyl groups is 1. The van der Waals surface area contributed by atoms with E-state index in [1.54, 1.807) is 16.8 Å². The average Bonchev–Trinajstić information content (AvgIpc) is 3.00. The van der Waals surface area contributed by atoms with Crippen LogP contribution in [0.5, 0.6) is 0 Å². The fourth-order valence-corrected chi connectivity index (χ4v) is 3.05. The van der Waals surface area contributed by atoms with Crippen LogP contribution in [0, 0.1) is 5.21 Å². The molecule has 3 aromatic heterocycles. The predicted molar refractivity (Wildman–Crippen MR) is 103 cm³/mol. The van der Waals surface area contributed by atoms with Crippen LogP contribution < -0.4 is 15.4 Å². The monoisotopic (exact) mass is 420 g/mol. The lowest BCUT2D eigenvalue weighted by atomic mass is 10.2. The highest BCUT2D eigenvalue weighted by molar-refractivity contribution is 9.10. The lowest BCUT2D eigenvalue weighted by Crippen LogP contribution is -2.25. The fraction of sp³-hybridized carbons (Fsp3) is 0.353. The SMILES string of the molecule is CCC[C@@H](CO)Nc1cc(NCc2ccc[n+]([O-])c2)n2ncc(Br)c2n1. The molecule has 3 N–H and O–H groups in total. The number of rotatable bonds is 8. The van der Waals surface area contributed by atoms with Crippen molar-refractivity contribution in [2.45, 2.75) is 32.4 Å². The van der Waals surface area contributed by atoms with Crippen LogP contribution in [0.3, 0.4) is 0 Å². The first-order chi connectivity index (χ1) is 12.6. The van der Waals surface area contributed by atoms with Gasteiger partial charge >= 0.3 is 0 Å². The first kappa shape index (κ1) is 18.4. The average molecular weight is 421 g/mol. The van der Waals surface area contributed by atoms with Crippen molar-refractivity contribution < 1.29 is 9.84 Å². The van der Waals surface area contributed by atoms with Crippen molar-refractivity contribution in [2.24, 2.45) is 0 Å². The van der Waals surface area contributed by atoms with Crippen LogP contribution in [0.1, 0.15) is 25.3 Å². The zero-order chi connectivity index (χ0) is 18.5. The Kier molecular flexibility index (Phi) is 5.89. The van der Waals surface area contributed by atoms with Crippen LogP contribution in [-0.4, -0.2) is 32.4 Å². The van der Waals surface area contributed by atoms with Crippen molar-refractivity contribution >= 4 is 33.2 Å². The number of fused-ring (bicyclic) bond motifs is 1. The molecule has 0 aliphatic heterocycles. The van der Waals surface area contributed by atoms with E-state index in [2.05, 4.69) is 43.6 Å². The van der Waals surface area contributed by atoms with Crippen molar-refractivity contribution in [3.63, 3.8) is 0 Å². The molecule has 0 aliphatic carbocycles. The lowest BCUT2D eigenvalue weighted by molar-refractivity contribution is -0.605. The zero-order valence-corrected chi connectivity index (χ0v) is 16.0. The number of anilines is 2. The predicted octanol–water partition coefficient (Wildman–Crippen LogP) is 2.31. The van der Waals surface area contributed by atoms with Gasteiger partial charge in [0.2, 0.25) is 0 Å². The molecule has 0 aliphatic rings. The van der Waals surface area contributed by atoms with E-state index in [9.17, 15) is 10.3 Å². The number of hydrogen-bond acceptors (Lipinski definition) is 6. The molecular weight excluding hydrogens is 400 g/mol. The molecule has 0 aromatic carbocycles. The third kappa shape index (κ3) is 4.23. The maximum absolute atomic E-state index is 11.4. The van der Waals surface area contributed by atoms with E-state index in [4.69, 9.17) is 0 Å². The molecule has 0 radical (unpaired) electrons. The van der Waals surface area contributed by atoms with E-state index in [1.807, 2.05) is 12.1 Å². The van der Waals surface area contributed by atoms with Gasteiger partial charge in [0.05, 0.1) is 23.3 Å². The summed E-state index contributed by atoms with van der Waals surface area (Å²) in [5.41, 5.74) is 1.52. The summed E-state index contributed by atoms with van der Waals surface area (Å²) in [6.45, 7) is 2.58. The molecule has 0 unspecified atom stereocenters. The molecule has 0 bridgehead atoms. The second-order valence-electron chi connectivity index (χ2n) is 5.99. The number of hydrogen-bond donors (Lipinski definition) is 3. The molecular formula is C17H21BrN6O2. The van der Waals surface area contributed by atoms with Gasteiger partial charge in [-0.25, -0.2) is 4.98 Å². The van der Waals surface area contributed by atoms with E-state index >= 15 is 0 Å².